The first-order valence-corrected chi connectivity index (χ1v) is 9.95. The topological polar surface area (TPSA) is 97.8 Å². The number of aromatic nitrogens is 6. The van der Waals surface area contributed by atoms with E-state index in [4.69, 9.17) is 4.99 Å². The normalized spacial score (nSPS) is 17.2. The molecular formula is C18H31N9. The molecule has 1 aliphatic rings. The molecule has 3 rings (SSSR count). The Morgan fingerprint density at radius 2 is 2.22 bits per heavy atom. The van der Waals surface area contributed by atoms with Crippen molar-refractivity contribution in [3.63, 3.8) is 0 Å². The van der Waals surface area contributed by atoms with E-state index < -0.39 is 0 Å². The fourth-order valence-corrected chi connectivity index (χ4v) is 3.21. The van der Waals surface area contributed by atoms with Crippen LogP contribution in [0.4, 0.5) is 0 Å². The zero-order chi connectivity index (χ0) is 19.2. The predicted molar refractivity (Wildman–Crippen MR) is 105 cm³/mol. The Kier molecular flexibility index (Phi) is 6.41. The highest BCUT2D eigenvalue weighted by atomic mass is 15.4. The van der Waals surface area contributed by atoms with E-state index in [9.17, 15) is 0 Å². The molecule has 27 heavy (non-hydrogen) atoms. The van der Waals surface area contributed by atoms with Gasteiger partial charge in [-0.05, 0) is 13.3 Å². The number of guanidine groups is 1. The zero-order valence-corrected chi connectivity index (χ0v) is 16.8. The van der Waals surface area contributed by atoms with Crippen LogP contribution in [-0.2, 0) is 25.9 Å². The third-order valence-corrected chi connectivity index (χ3v) is 4.70. The third-order valence-electron chi connectivity index (χ3n) is 4.70. The zero-order valence-electron chi connectivity index (χ0n) is 16.8. The average Bonchev–Trinajstić information content (AvgIpc) is 3.27. The van der Waals surface area contributed by atoms with E-state index in [0.29, 0.717) is 18.5 Å². The van der Waals surface area contributed by atoms with Crippen LogP contribution in [0.5, 0.6) is 0 Å². The van der Waals surface area contributed by atoms with Crippen molar-refractivity contribution in [3.05, 3.63) is 23.8 Å². The van der Waals surface area contributed by atoms with Crippen LogP contribution in [0, 0.1) is 0 Å². The van der Waals surface area contributed by atoms with Crippen LogP contribution in [0.1, 0.15) is 57.5 Å². The standard InChI is InChI=1S/C18H31N9/c1-5-15-24-21-12-26(15)10-9-20-18(19-6-2)22-14-7-8-16-23-17(13(3)4)25-27(16)11-14/h12-14H,5-11H2,1-4H3,(H2,19,20,22). The number of aliphatic imine (C=N–C) groups is 1. The first-order valence-electron chi connectivity index (χ1n) is 9.95. The molecule has 3 heterocycles. The summed E-state index contributed by atoms with van der Waals surface area (Å²) < 4.78 is 4.10. The predicted octanol–water partition coefficient (Wildman–Crippen LogP) is 1.13. The molecular weight excluding hydrogens is 342 g/mol. The molecule has 0 aliphatic carbocycles. The highest BCUT2D eigenvalue weighted by Gasteiger charge is 2.23. The minimum absolute atomic E-state index is 0.304. The third kappa shape index (κ3) is 4.84. The van der Waals surface area contributed by atoms with Crippen LogP contribution >= 0.6 is 0 Å². The number of nitrogens with zero attached hydrogens (tertiary/aromatic N) is 7. The lowest BCUT2D eigenvalue weighted by atomic mass is 10.1. The lowest BCUT2D eigenvalue weighted by molar-refractivity contribution is 0.391. The second-order valence-corrected chi connectivity index (χ2v) is 7.16. The van der Waals surface area contributed by atoms with E-state index in [0.717, 1.165) is 62.3 Å². The number of nitrogens with one attached hydrogen (secondary N) is 2. The minimum atomic E-state index is 0.304. The van der Waals surface area contributed by atoms with Crippen molar-refractivity contribution in [1.82, 2.24) is 40.2 Å². The van der Waals surface area contributed by atoms with E-state index in [1.807, 2.05) is 4.68 Å². The van der Waals surface area contributed by atoms with E-state index in [-0.39, 0.29) is 0 Å². The summed E-state index contributed by atoms with van der Waals surface area (Å²) in [6, 6.07) is 0.304. The van der Waals surface area contributed by atoms with Gasteiger partial charge in [0, 0.05) is 37.9 Å². The summed E-state index contributed by atoms with van der Waals surface area (Å²) in [6.45, 7) is 11.5. The van der Waals surface area contributed by atoms with Crippen LogP contribution in [-0.4, -0.2) is 54.6 Å². The monoisotopic (exact) mass is 373 g/mol. The van der Waals surface area contributed by atoms with E-state index >= 15 is 0 Å². The van der Waals surface area contributed by atoms with Crippen LogP contribution in [0.3, 0.4) is 0 Å². The van der Waals surface area contributed by atoms with Crippen molar-refractivity contribution in [1.29, 1.82) is 0 Å². The molecule has 1 aliphatic heterocycles. The van der Waals surface area contributed by atoms with Crippen molar-refractivity contribution in [2.75, 3.05) is 13.1 Å². The van der Waals surface area contributed by atoms with Gasteiger partial charge < -0.3 is 15.2 Å². The average molecular weight is 374 g/mol. The van der Waals surface area contributed by atoms with Crippen LogP contribution in [0.15, 0.2) is 11.3 Å². The summed E-state index contributed by atoms with van der Waals surface area (Å²) in [4.78, 5) is 9.38. The molecule has 2 aromatic rings. The number of rotatable bonds is 7. The fourth-order valence-electron chi connectivity index (χ4n) is 3.21. The smallest absolute Gasteiger partial charge is 0.191 e. The largest absolute Gasteiger partial charge is 0.357 e. The first kappa shape index (κ1) is 19.3. The van der Waals surface area contributed by atoms with Crippen LogP contribution < -0.4 is 10.6 Å². The maximum atomic E-state index is 4.72. The number of hydrogen-bond donors (Lipinski definition) is 2. The van der Waals surface area contributed by atoms with Gasteiger partial charge in [-0.25, -0.2) is 9.67 Å². The van der Waals surface area contributed by atoms with Gasteiger partial charge in [0.25, 0.3) is 0 Å². The molecule has 0 saturated heterocycles. The lowest BCUT2D eigenvalue weighted by Crippen LogP contribution is -2.47. The van der Waals surface area contributed by atoms with Crippen molar-refractivity contribution in [2.24, 2.45) is 4.99 Å². The molecule has 2 aromatic heterocycles. The highest BCUT2D eigenvalue weighted by Crippen LogP contribution is 2.16. The van der Waals surface area contributed by atoms with E-state index in [1.165, 1.54) is 0 Å². The van der Waals surface area contributed by atoms with Gasteiger partial charge >= 0.3 is 0 Å². The van der Waals surface area contributed by atoms with Gasteiger partial charge in [-0.3, -0.25) is 4.99 Å². The molecule has 0 aromatic carbocycles. The summed E-state index contributed by atoms with van der Waals surface area (Å²) in [6.07, 6.45) is 4.63. The molecule has 0 fully saturated rings. The summed E-state index contributed by atoms with van der Waals surface area (Å²) in [7, 11) is 0. The maximum absolute atomic E-state index is 4.72. The Hall–Kier alpha value is -2.45. The molecule has 1 atom stereocenters. The minimum Gasteiger partial charge on any atom is -0.357 e. The van der Waals surface area contributed by atoms with Gasteiger partial charge in [0.2, 0.25) is 0 Å². The van der Waals surface area contributed by atoms with E-state index in [2.05, 4.69) is 63.2 Å². The second-order valence-electron chi connectivity index (χ2n) is 7.16. The van der Waals surface area contributed by atoms with Gasteiger partial charge in [0.05, 0.1) is 13.1 Å². The summed E-state index contributed by atoms with van der Waals surface area (Å²) in [5, 5.41) is 19.6. The number of hydrogen-bond acceptors (Lipinski definition) is 5. The van der Waals surface area contributed by atoms with E-state index in [1.54, 1.807) is 6.33 Å². The summed E-state index contributed by atoms with van der Waals surface area (Å²) in [5.41, 5.74) is 0. The van der Waals surface area contributed by atoms with Gasteiger partial charge in [-0.15, -0.1) is 10.2 Å². The first-order chi connectivity index (χ1) is 13.1. The van der Waals surface area contributed by atoms with Crippen molar-refractivity contribution in [2.45, 2.75) is 72.0 Å². The number of fused-ring (bicyclic) bond motifs is 1. The van der Waals surface area contributed by atoms with Crippen LogP contribution in [0.25, 0.3) is 0 Å². The number of aryl methyl sites for hydroxylation is 2. The Morgan fingerprint density at radius 3 is 2.96 bits per heavy atom. The molecule has 0 amide bonds. The Labute approximate surface area is 160 Å². The summed E-state index contributed by atoms with van der Waals surface area (Å²) >= 11 is 0. The van der Waals surface area contributed by atoms with Gasteiger partial charge in [0.1, 0.15) is 18.0 Å². The molecule has 0 bridgehead atoms. The quantitative estimate of drug-likeness (QED) is 0.558. The maximum Gasteiger partial charge on any atom is 0.191 e. The molecule has 148 valence electrons. The molecule has 2 N–H and O–H groups in total. The SMILES string of the molecule is CCNC(=NCCn1cnnc1CC)NC1CCc2nc(C(C)C)nn2C1. The van der Waals surface area contributed by atoms with Crippen molar-refractivity contribution >= 4 is 5.96 Å². The molecule has 9 heteroatoms. The fraction of sp³-hybridized carbons (Fsp3) is 0.722. The Bertz CT molecular complexity index is 759. The van der Waals surface area contributed by atoms with Gasteiger partial charge in [0.15, 0.2) is 11.8 Å². The van der Waals surface area contributed by atoms with Gasteiger partial charge in [-0.2, -0.15) is 5.10 Å². The Balaban J connectivity index is 1.58. The molecule has 0 spiro atoms. The highest BCUT2D eigenvalue weighted by molar-refractivity contribution is 5.80. The Morgan fingerprint density at radius 1 is 1.37 bits per heavy atom. The van der Waals surface area contributed by atoms with Crippen molar-refractivity contribution < 1.29 is 0 Å². The summed E-state index contributed by atoms with van der Waals surface area (Å²) in [5.74, 6) is 4.24. The molecule has 9 nitrogen and oxygen atoms in total. The molecule has 0 saturated carbocycles. The molecule has 1 unspecified atom stereocenters. The molecule has 0 radical (unpaired) electrons. The van der Waals surface area contributed by atoms with Crippen molar-refractivity contribution in [3.8, 4) is 0 Å². The van der Waals surface area contributed by atoms with Gasteiger partial charge in [-0.1, -0.05) is 20.8 Å². The van der Waals surface area contributed by atoms with Crippen LogP contribution in [0.2, 0.25) is 0 Å². The second kappa shape index (κ2) is 8.96. The lowest BCUT2D eigenvalue weighted by Gasteiger charge is -2.25.